The third-order valence-corrected chi connectivity index (χ3v) is 2.74. The van der Waals surface area contributed by atoms with E-state index in [2.05, 4.69) is 28.6 Å². The zero-order valence-corrected chi connectivity index (χ0v) is 10.5. The minimum atomic E-state index is 0.625. The molecule has 1 N–H and O–H groups in total. The summed E-state index contributed by atoms with van der Waals surface area (Å²) in [4.78, 5) is 0. The molecule has 0 aliphatic carbocycles. The van der Waals surface area contributed by atoms with E-state index >= 15 is 0 Å². The van der Waals surface area contributed by atoms with Crippen molar-refractivity contribution >= 4 is 0 Å². The Kier molecular flexibility index (Phi) is 3.70. The number of nitrogens with one attached hydrogen (secondary N) is 1. The molecule has 0 aliphatic heterocycles. The van der Waals surface area contributed by atoms with Crippen LogP contribution in [0.1, 0.15) is 23.7 Å². The Morgan fingerprint density at radius 1 is 1.44 bits per heavy atom. The summed E-state index contributed by atoms with van der Waals surface area (Å²) < 4.78 is 1.78. The van der Waals surface area contributed by atoms with Gasteiger partial charge >= 0.3 is 0 Å². The molecule has 1 heterocycles. The Bertz CT molecular complexity index is 579. The normalized spacial score (nSPS) is 10.3. The topological polar surface area (TPSA) is 66.5 Å². The second kappa shape index (κ2) is 5.43. The van der Waals surface area contributed by atoms with Gasteiger partial charge in [-0.15, -0.1) is 5.10 Å². The fraction of sp³-hybridized carbons (Fsp3) is 0.308. The molecule has 0 saturated carbocycles. The van der Waals surface area contributed by atoms with E-state index in [4.69, 9.17) is 5.26 Å². The lowest BCUT2D eigenvalue weighted by Crippen LogP contribution is -2.15. The Hall–Kier alpha value is -2.19. The first kappa shape index (κ1) is 12.3. The molecule has 0 spiro atoms. The second-order valence-electron chi connectivity index (χ2n) is 4.03. The first-order valence-corrected chi connectivity index (χ1v) is 5.87. The molecular weight excluding hydrogens is 226 g/mol. The van der Waals surface area contributed by atoms with Crippen molar-refractivity contribution in [1.82, 2.24) is 20.3 Å². The summed E-state index contributed by atoms with van der Waals surface area (Å²) in [6, 6.07) is 7.70. The number of rotatable bonds is 4. The van der Waals surface area contributed by atoms with Crippen molar-refractivity contribution < 1.29 is 0 Å². The van der Waals surface area contributed by atoms with Gasteiger partial charge in [-0.3, -0.25) is 0 Å². The van der Waals surface area contributed by atoms with Crippen molar-refractivity contribution in [2.24, 2.45) is 0 Å². The number of aryl methyl sites for hydroxylation is 1. The second-order valence-corrected chi connectivity index (χ2v) is 4.03. The molecule has 0 amide bonds. The number of hydrogen-bond acceptors (Lipinski definition) is 4. The molecule has 5 nitrogen and oxygen atoms in total. The number of benzene rings is 1. The van der Waals surface area contributed by atoms with Crippen LogP contribution in [0, 0.1) is 18.3 Å². The molecule has 0 saturated heterocycles. The first-order valence-electron chi connectivity index (χ1n) is 5.87. The number of hydrogen-bond donors (Lipinski definition) is 1. The molecule has 0 aliphatic rings. The molecule has 5 heteroatoms. The number of nitrogens with zero attached hydrogens (tertiary/aromatic N) is 4. The molecule has 0 fully saturated rings. The van der Waals surface area contributed by atoms with Gasteiger partial charge in [0.15, 0.2) is 0 Å². The third-order valence-electron chi connectivity index (χ3n) is 2.74. The predicted octanol–water partition coefficient (Wildman–Crippen LogP) is 1.56. The summed E-state index contributed by atoms with van der Waals surface area (Å²) >= 11 is 0. The summed E-state index contributed by atoms with van der Waals surface area (Å²) in [6.07, 6.45) is 1.74. The van der Waals surface area contributed by atoms with Gasteiger partial charge in [0.25, 0.3) is 0 Å². The molecule has 1 aromatic carbocycles. The van der Waals surface area contributed by atoms with Gasteiger partial charge in [-0.1, -0.05) is 18.2 Å². The van der Waals surface area contributed by atoms with Crippen LogP contribution in [0.3, 0.4) is 0 Å². The van der Waals surface area contributed by atoms with Crippen molar-refractivity contribution in [2.45, 2.75) is 20.4 Å². The SMILES string of the molecule is CCNCc1cnnn1-c1cc(C#N)ccc1C. The van der Waals surface area contributed by atoms with E-state index < -0.39 is 0 Å². The van der Waals surface area contributed by atoms with Crippen molar-refractivity contribution in [3.05, 3.63) is 41.2 Å². The maximum atomic E-state index is 8.95. The average Bonchev–Trinajstić information content (AvgIpc) is 2.85. The van der Waals surface area contributed by atoms with E-state index in [1.165, 1.54) is 0 Å². The van der Waals surface area contributed by atoms with Crippen LogP contribution in [-0.4, -0.2) is 21.5 Å². The fourth-order valence-electron chi connectivity index (χ4n) is 1.74. The lowest BCUT2D eigenvalue weighted by atomic mass is 10.1. The van der Waals surface area contributed by atoms with Crippen molar-refractivity contribution in [1.29, 1.82) is 5.26 Å². The van der Waals surface area contributed by atoms with Gasteiger partial charge in [0.2, 0.25) is 0 Å². The minimum Gasteiger partial charge on any atom is -0.311 e. The molecule has 92 valence electrons. The lowest BCUT2D eigenvalue weighted by Gasteiger charge is -2.09. The lowest BCUT2D eigenvalue weighted by molar-refractivity contribution is 0.671. The zero-order chi connectivity index (χ0) is 13.0. The van der Waals surface area contributed by atoms with Crippen molar-refractivity contribution in [2.75, 3.05) is 6.54 Å². The Labute approximate surface area is 106 Å². The van der Waals surface area contributed by atoms with Crippen LogP contribution >= 0.6 is 0 Å². The van der Waals surface area contributed by atoms with Crippen molar-refractivity contribution in [3.63, 3.8) is 0 Å². The molecule has 1 aromatic heterocycles. The maximum absolute atomic E-state index is 8.95. The van der Waals surface area contributed by atoms with E-state index in [1.807, 2.05) is 19.1 Å². The van der Waals surface area contributed by atoms with Crippen LogP contribution in [0.25, 0.3) is 5.69 Å². The Morgan fingerprint density at radius 3 is 3.00 bits per heavy atom. The van der Waals surface area contributed by atoms with E-state index in [-0.39, 0.29) is 0 Å². The molecule has 0 unspecified atom stereocenters. The van der Waals surface area contributed by atoms with E-state index in [0.717, 1.165) is 23.5 Å². The zero-order valence-electron chi connectivity index (χ0n) is 10.5. The summed E-state index contributed by atoms with van der Waals surface area (Å²) in [5, 5.41) is 20.2. The van der Waals surface area contributed by atoms with Crippen LogP contribution < -0.4 is 5.32 Å². The van der Waals surface area contributed by atoms with E-state index in [0.29, 0.717) is 12.1 Å². The molecule has 0 radical (unpaired) electrons. The third kappa shape index (κ3) is 2.39. The van der Waals surface area contributed by atoms with Crippen LogP contribution in [0.5, 0.6) is 0 Å². The molecule has 2 rings (SSSR count). The molecule has 0 atom stereocenters. The van der Waals surface area contributed by atoms with Crippen LogP contribution in [0.2, 0.25) is 0 Å². The Balaban J connectivity index is 2.42. The highest BCUT2D eigenvalue weighted by Gasteiger charge is 2.09. The first-order chi connectivity index (χ1) is 8.76. The summed E-state index contributed by atoms with van der Waals surface area (Å²) in [5.74, 6) is 0. The monoisotopic (exact) mass is 241 g/mol. The molecule has 2 aromatic rings. The smallest absolute Gasteiger partial charge is 0.0992 e. The van der Waals surface area contributed by atoms with Crippen LogP contribution in [0.4, 0.5) is 0 Å². The van der Waals surface area contributed by atoms with E-state index in [9.17, 15) is 0 Å². The van der Waals surface area contributed by atoms with E-state index in [1.54, 1.807) is 16.9 Å². The van der Waals surface area contributed by atoms with Crippen LogP contribution in [0.15, 0.2) is 24.4 Å². The number of nitriles is 1. The van der Waals surface area contributed by atoms with Crippen LogP contribution in [-0.2, 0) is 6.54 Å². The maximum Gasteiger partial charge on any atom is 0.0992 e. The number of aromatic nitrogens is 3. The molecular formula is C13H15N5. The van der Waals surface area contributed by atoms with Gasteiger partial charge in [0.1, 0.15) is 0 Å². The standard InChI is InChI=1S/C13H15N5/c1-3-15-8-12-9-16-17-18(12)13-6-11(7-14)5-4-10(13)2/h4-6,9,15H,3,8H2,1-2H3. The highest BCUT2D eigenvalue weighted by Crippen LogP contribution is 2.16. The summed E-state index contributed by atoms with van der Waals surface area (Å²) in [6.45, 7) is 5.65. The molecule has 18 heavy (non-hydrogen) atoms. The molecule has 0 bridgehead atoms. The highest BCUT2D eigenvalue weighted by molar-refractivity contribution is 5.47. The Morgan fingerprint density at radius 2 is 2.28 bits per heavy atom. The van der Waals surface area contributed by atoms with Gasteiger partial charge in [0, 0.05) is 6.54 Å². The highest BCUT2D eigenvalue weighted by atomic mass is 15.4. The van der Waals surface area contributed by atoms with Crippen molar-refractivity contribution in [3.8, 4) is 11.8 Å². The van der Waals surface area contributed by atoms with Gasteiger partial charge in [-0.05, 0) is 31.2 Å². The minimum absolute atomic E-state index is 0.625. The summed E-state index contributed by atoms with van der Waals surface area (Å²) in [7, 11) is 0. The largest absolute Gasteiger partial charge is 0.311 e. The quantitative estimate of drug-likeness (QED) is 0.882. The van der Waals surface area contributed by atoms with Gasteiger partial charge in [-0.2, -0.15) is 5.26 Å². The fourth-order valence-corrected chi connectivity index (χ4v) is 1.74. The van der Waals surface area contributed by atoms with Gasteiger partial charge in [-0.25, -0.2) is 4.68 Å². The summed E-state index contributed by atoms with van der Waals surface area (Å²) in [5.41, 5.74) is 3.58. The average molecular weight is 241 g/mol. The van der Waals surface area contributed by atoms with Gasteiger partial charge < -0.3 is 5.32 Å². The van der Waals surface area contributed by atoms with Gasteiger partial charge in [0.05, 0.1) is 29.2 Å². The predicted molar refractivity (Wildman–Crippen MR) is 68.2 cm³/mol.